The Morgan fingerprint density at radius 3 is 2.93 bits per heavy atom. The summed E-state index contributed by atoms with van der Waals surface area (Å²) in [6.07, 6.45) is 5.42. The van der Waals surface area contributed by atoms with E-state index in [9.17, 15) is 0 Å². The normalized spacial score (nSPS) is 25.5. The molecule has 0 spiro atoms. The second-order valence-corrected chi connectivity index (χ2v) is 4.40. The van der Waals surface area contributed by atoms with Crippen LogP contribution in [0.3, 0.4) is 0 Å². The number of rotatable bonds is 3. The minimum absolute atomic E-state index is 0.162. The van der Waals surface area contributed by atoms with E-state index in [1.54, 1.807) is 13.3 Å². The highest BCUT2D eigenvalue weighted by Gasteiger charge is 2.29. The smallest absolute Gasteiger partial charge is 0.152 e. The van der Waals surface area contributed by atoms with Crippen LogP contribution in [0.5, 0.6) is 5.75 Å². The topological polar surface area (TPSA) is 31.4 Å². The summed E-state index contributed by atoms with van der Waals surface area (Å²) < 4.78 is 12.0. The Hall–Kier alpha value is -0.610. The van der Waals surface area contributed by atoms with Gasteiger partial charge in [0.05, 0.1) is 6.10 Å². The Morgan fingerprint density at radius 1 is 1.40 bits per heavy atom. The van der Waals surface area contributed by atoms with Gasteiger partial charge in [-0.15, -0.1) is 0 Å². The van der Waals surface area contributed by atoms with Gasteiger partial charge < -0.3 is 9.47 Å². The van der Waals surface area contributed by atoms with Gasteiger partial charge in [0, 0.05) is 13.3 Å². The third-order valence-corrected chi connectivity index (χ3v) is 3.29. The minimum Gasteiger partial charge on any atom is -0.485 e. The first-order chi connectivity index (χ1) is 7.31. The van der Waals surface area contributed by atoms with E-state index in [2.05, 4.69) is 20.9 Å². The first-order valence-corrected chi connectivity index (χ1v) is 5.90. The Morgan fingerprint density at radius 2 is 2.20 bits per heavy atom. The second kappa shape index (κ2) is 4.94. The molecule has 1 fully saturated rings. The average molecular weight is 272 g/mol. The number of pyridine rings is 1. The van der Waals surface area contributed by atoms with Crippen molar-refractivity contribution in [2.24, 2.45) is 0 Å². The van der Waals surface area contributed by atoms with Crippen LogP contribution >= 0.6 is 15.9 Å². The van der Waals surface area contributed by atoms with E-state index in [0.29, 0.717) is 0 Å². The van der Waals surface area contributed by atoms with Gasteiger partial charge in [-0.25, -0.2) is 4.98 Å². The lowest BCUT2D eigenvalue weighted by molar-refractivity contribution is 0.0223. The summed E-state index contributed by atoms with van der Waals surface area (Å²) in [5, 5.41) is 0. The van der Waals surface area contributed by atoms with Crippen LogP contribution in [0, 0.1) is 0 Å². The van der Waals surface area contributed by atoms with E-state index in [0.717, 1.165) is 23.2 Å². The van der Waals surface area contributed by atoms with E-state index in [4.69, 9.17) is 9.47 Å². The Bertz CT molecular complexity index is 332. The zero-order valence-electron chi connectivity index (χ0n) is 8.65. The summed E-state index contributed by atoms with van der Waals surface area (Å²) in [6.45, 7) is 0. The maximum absolute atomic E-state index is 5.88. The highest BCUT2D eigenvalue weighted by Crippen LogP contribution is 2.29. The van der Waals surface area contributed by atoms with Crippen molar-refractivity contribution in [2.75, 3.05) is 7.11 Å². The van der Waals surface area contributed by atoms with Crippen molar-refractivity contribution in [3.63, 3.8) is 0 Å². The molecule has 1 aliphatic rings. The molecule has 4 heteroatoms. The van der Waals surface area contributed by atoms with Crippen LogP contribution in [0.15, 0.2) is 22.9 Å². The van der Waals surface area contributed by atoms with Crippen molar-refractivity contribution in [3.8, 4) is 5.75 Å². The molecular weight excluding hydrogens is 258 g/mol. The molecule has 2 atom stereocenters. The molecule has 15 heavy (non-hydrogen) atoms. The molecule has 3 nitrogen and oxygen atoms in total. The molecule has 1 heterocycles. The van der Waals surface area contributed by atoms with Gasteiger partial charge in [0.2, 0.25) is 0 Å². The molecule has 1 saturated carbocycles. The quantitative estimate of drug-likeness (QED) is 0.793. The lowest BCUT2D eigenvalue weighted by Crippen LogP contribution is -2.27. The van der Waals surface area contributed by atoms with Crippen LogP contribution in [-0.2, 0) is 4.74 Å². The number of hydrogen-bond acceptors (Lipinski definition) is 3. The molecule has 0 bridgehead atoms. The lowest BCUT2D eigenvalue weighted by atomic mass is 10.2. The van der Waals surface area contributed by atoms with Gasteiger partial charge in [0.25, 0.3) is 0 Å². The van der Waals surface area contributed by atoms with Gasteiger partial charge in [0.1, 0.15) is 10.7 Å². The maximum atomic E-state index is 5.88. The van der Waals surface area contributed by atoms with Gasteiger partial charge in [-0.2, -0.15) is 0 Å². The maximum Gasteiger partial charge on any atom is 0.152 e. The third kappa shape index (κ3) is 2.49. The Balaban J connectivity index is 2.05. The van der Waals surface area contributed by atoms with E-state index in [1.165, 1.54) is 6.42 Å². The summed E-state index contributed by atoms with van der Waals surface area (Å²) in [5.41, 5.74) is 0. The molecule has 0 radical (unpaired) electrons. The molecule has 0 N–H and O–H groups in total. The van der Waals surface area contributed by atoms with Crippen LogP contribution in [-0.4, -0.2) is 24.3 Å². The van der Waals surface area contributed by atoms with Crippen molar-refractivity contribution in [1.29, 1.82) is 0 Å². The molecule has 82 valence electrons. The summed E-state index contributed by atoms with van der Waals surface area (Å²) >= 11 is 3.37. The summed E-state index contributed by atoms with van der Waals surface area (Å²) in [4.78, 5) is 4.12. The molecule has 2 unspecified atom stereocenters. The fourth-order valence-corrected chi connectivity index (χ4v) is 2.26. The minimum atomic E-state index is 0.162. The predicted octanol–water partition coefficient (Wildman–Crippen LogP) is 2.79. The fourth-order valence-electron chi connectivity index (χ4n) is 1.92. The number of halogens is 1. The number of ether oxygens (including phenoxy) is 2. The van der Waals surface area contributed by atoms with Crippen LogP contribution in [0.25, 0.3) is 0 Å². The zero-order valence-corrected chi connectivity index (χ0v) is 10.2. The summed E-state index contributed by atoms with van der Waals surface area (Å²) in [5.74, 6) is 0.798. The van der Waals surface area contributed by atoms with Crippen molar-refractivity contribution in [1.82, 2.24) is 4.98 Å². The molecule has 0 amide bonds. The number of methoxy groups -OCH3 is 1. The van der Waals surface area contributed by atoms with Gasteiger partial charge >= 0.3 is 0 Å². The second-order valence-electron chi connectivity index (χ2n) is 3.65. The third-order valence-electron chi connectivity index (χ3n) is 2.70. The SMILES string of the molecule is COC1CCCC1Oc1cccnc1Br. The monoisotopic (exact) mass is 271 g/mol. The van der Waals surface area contributed by atoms with Gasteiger partial charge in [-0.1, -0.05) is 0 Å². The van der Waals surface area contributed by atoms with Crippen molar-refractivity contribution >= 4 is 15.9 Å². The van der Waals surface area contributed by atoms with E-state index >= 15 is 0 Å². The molecule has 0 aliphatic heterocycles. The predicted molar refractivity (Wildman–Crippen MR) is 61.0 cm³/mol. The van der Waals surface area contributed by atoms with Crippen LogP contribution in [0.2, 0.25) is 0 Å². The standard InChI is InChI=1S/C11H14BrNO2/c1-14-8-4-2-5-9(8)15-10-6-3-7-13-11(10)12/h3,6-9H,2,4-5H2,1H3. The lowest BCUT2D eigenvalue weighted by Gasteiger charge is -2.20. The van der Waals surface area contributed by atoms with Crippen LogP contribution in [0.4, 0.5) is 0 Å². The van der Waals surface area contributed by atoms with Crippen LogP contribution in [0.1, 0.15) is 19.3 Å². The molecule has 1 aromatic heterocycles. The van der Waals surface area contributed by atoms with Gasteiger partial charge in [0.15, 0.2) is 5.75 Å². The van der Waals surface area contributed by atoms with Gasteiger partial charge in [-0.3, -0.25) is 0 Å². The van der Waals surface area contributed by atoms with Gasteiger partial charge in [-0.05, 0) is 47.3 Å². The highest BCUT2D eigenvalue weighted by molar-refractivity contribution is 9.10. The van der Waals surface area contributed by atoms with E-state index in [-0.39, 0.29) is 12.2 Å². The van der Waals surface area contributed by atoms with E-state index < -0.39 is 0 Å². The zero-order chi connectivity index (χ0) is 10.7. The van der Waals surface area contributed by atoms with Crippen molar-refractivity contribution in [3.05, 3.63) is 22.9 Å². The number of hydrogen-bond donors (Lipinski definition) is 0. The van der Waals surface area contributed by atoms with Crippen molar-refractivity contribution < 1.29 is 9.47 Å². The molecule has 0 saturated heterocycles. The molecule has 1 aliphatic carbocycles. The summed E-state index contributed by atoms with van der Waals surface area (Å²) in [6, 6.07) is 3.79. The highest BCUT2D eigenvalue weighted by atomic mass is 79.9. The molecule has 2 rings (SSSR count). The number of aromatic nitrogens is 1. The molecular formula is C11H14BrNO2. The average Bonchev–Trinajstić information content (AvgIpc) is 2.69. The first kappa shape index (κ1) is 10.9. The Labute approximate surface area is 97.9 Å². The number of nitrogens with zero attached hydrogens (tertiary/aromatic N) is 1. The van der Waals surface area contributed by atoms with Crippen molar-refractivity contribution in [2.45, 2.75) is 31.5 Å². The molecule has 0 aromatic carbocycles. The largest absolute Gasteiger partial charge is 0.485 e. The Kier molecular flexibility index (Phi) is 3.59. The fraction of sp³-hybridized carbons (Fsp3) is 0.545. The summed E-state index contributed by atoms with van der Waals surface area (Å²) in [7, 11) is 1.74. The van der Waals surface area contributed by atoms with Crippen LogP contribution < -0.4 is 4.74 Å². The first-order valence-electron chi connectivity index (χ1n) is 5.11. The van der Waals surface area contributed by atoms with E-state index in [1.807, 2.05) is 12.1 Å². The molecule has 1 aromatic rings.